The van der Waals surface area contributed by atoms with E-state index >= 15 is 0 Å². The second-order valence-electron chi connectivity index (χ2n) is 3.82. The molecule has 1 amide bonds. The normalized spacial score (nSPS) is 10.6. The molecule has 0 saturated carbocycles. The summed E-state index contributed by atoms with van der Waals surface area (Å²) in [6, 6.07) is 3.97. The van der Waals surface area contributed by atoms with Crippen LogP contribution in [-0.4, -0.2) is 49.1 Å². The van der Waals surface area contributed by atoms with Gasteiger partial charge in [0.15, 0.2) is 11.5 Å². The number of carbonyl (C=O) groups excluding carboxylic acids is 1. The molecule has 1 rings (SSSR count). The SMILES string of the molecule is COc1ccc(C(=O)N(CCN)CC(F)F)cc1O. The Bertz CT molecular complexity index is 441. The number of rotatable bonds is 6. The molecule has 0 bridgehead atoms. The molecule has 0 radical (unpaired) electrons. The summed E-state index contributed by atoms with van der Waals surface area (Å²) in [4.78, 5) is 13.0. The van der Waals surface area contributed by atoms with E-state index in [1.54, 1.807) is 0 Å². The van der Waals surface area contributed by atoms with Crippen LogP contribution in [0, 0.1) is 0 Å². The van der Waals surface area contributed by atoms with E-state index in [1.807, 2.05) is 0 Å². The molecule has 0 aromatic heterocycles. The van der Waals surface area contributed by atoms with Crippen molar-refractivity contribution in [3.05, 3.63) is 23.8 Å². The number of nitrogens with zero attached hydrogens (tertiary/aromatic N) is 1. The average molecular weight is 274 g/mol. The summed E-state index contributed by atoms with van der Waals surface area (Å²) in [5, 5.41) is 9.57. The van der Waals surface area contributed by atoms with Crippen molar-refractivity contribution >= 4 is 5.91 Å². The lowest BCUT2D eigenvalue weighted by atomic mass is 10.1. The zero-order valence-corrected chi connectivity index (χ0v) is 10.5. The number of ether oxygens (including phenoxy) is 1. The van der Waals surface area contributed by atoms with Crippen LogP contribution in [0.25, 0.3) is 0 Å². The fourth-order valence-corrected chi connectivity index (χ4v) is 1.60. The Hall–Kier alpha value is -1.89. The van der Waals surface area contributed by atoms with Gasteiger partial charge in [0, 0.05) is 18.7 Å². The van der Waals surface area contributed by atoms with Crippen LogP contribution in [-0.2, 0) is 0 Å². The van der Waals surface area contributed by atoms with E-state index < -0.39 is 18.9 Å². The minimum absolute atomic E-state index is 0.0238. The van der Waals surface area contributed by atoms with E-state index in [9.17, 15) is 18.7 Å². The van der Waals surface area contributed by atoms with Crippen molar-refractivity contribution in [1.82, 2.24) is 4.90 Å². The Kier molecular flexibility index (Phi) is 5.50. The Morgan fingerprint density at radius 3 is 2.68 bits per heavy atom. The molecular weight excluding hydrogens is 258 g/mol. The molecule has 19 heavy (non-hydrogen) atoms. The highest BCUT2D eigenvalue weighted by atomic mass is 19.3. The minimum Gasteiger partial charge on any atom is -0.504 e. The molecule has 0 saturated heterocycles. The topological polar surface area (TPSA) is 75.8 Å². The molecule has 0 unspecified atom stereocenters. The van der Waals surface area contributed by atoms with E-state index in [0.717, 1.165) is 4.90 Å². The van der Waals surface area contributed by atoms with Crippen LogP contribution in [0.3, 0.4) is 0 Å². The van der Waals surface area contributed by atoms with Crippen molar-refractivity contribution in [3.8, 4) is 11.5 Å². The molecule has 3 N–H and O–H groups in total. The van der Waals surface area contributed by atoms with Gasteiger partial charge in [0.05, 0.1) is 13.7 Å². The highest BCUT2D eigenvalue weighted by molar-refractivity contribution is 5.95. The lowest BCUT2D eigenvalue weighted by molar-refractivity contribution is 0.0562. The number of benzene rings is 1. The first kappa shape index (κ1) is 15.2. The number of methoxy groups -OCH3 is 1. The second-order valence-corrected chi connectivity index (χ2v) is 3.82. The molecule has 0 fully saturated rings. The summed E-state index contributed by atoms with van der Waals surface area (Å²) in [7, 11) is 1.37. The van der Waals surface area contributed by atoms with Gasteiger partial charge >= 0.3 is 0 Å². The first-order chi connectivity index (χ1) is 8.99. The summed E-state index contributed by atoms with van der Waals surface area (Å²) >= 11 is 0. The molecular formula is C12H16F2N2O3. The highest BCUT2D eigenvalue weighted by Gasteiger charge is 2.20. The highest BCUT2D eigenvalue weighted by Crippen LogP contribution is 2.26. The summed E-state index contributed by atoms with van der Waals surface area (Å²) in [6.45, 7) is -0.584. The Balaban J connectivity index is 2.92. The monoisotopic (exact) mass is 274 g/mol. The van der Waals surface area contributed by atoms with Crippen LogP contribution in [0.15, 0.2) is 18.2 Å². The molecule has 0 spiro atoms. The van der Waals surface area contributed by atoms with Gasteiger partial charge < -0.3 is 20.5 Å². The number of carbonyl (C=O) groups is 1. The average Bonchev–Trinajstić information content (AvgIpc) is 2.36. The van der Waals surface area contributed by atoms with Gasteiger partial charge in [-0.2, -0.15) is 0 Å². The van der Waals surface area contributed by atoms with Crippen LogP contribution in [0.1, 0.15) is 10.4 Å². The first-order valence-electron chi connectivity index (χ1n) is 5.64. The van der Waals surface area contributed by atoms with E-state index in [0.29, 0.717) is 0 Å². The third-order valence-corrected chi connectivity index (χ3v) is 2.47. The Labute approximate surface area is 109 Å². The summed E-state index contributed by atoms with van der Waals surface area (Å²) in [5.74, 6) is -0.627. The van der Waals surface area contributed by atoms with E-state index in [4.69, 9.17) is 10.5 Å². The maximum absolute atomic E-state index is 12.4. The lowest BCUT2D eigenvalue weighted by Crippen LogP contribution is -2.38. The molecule has 0 aliphatic carbocycles. The maximum atomic E-state index is 12.4. The first-order valence-corrected chi connectivity index (χ1v) is 5.64. The molecule has 7 heteroatoms. The lowest BCUT2D eigenvalue weighted by Gasteiger charge is -2.21. The number of halogens is 2. The predicted molar refractivity (Wildman–Crippen MR) is 65.6 cm³/mol. The van der Waals surface area contributed by atoms with Crippen molar-refractivity contribution in [2.24, 2.45) is 5.73 Å². The molecule has 0 heterocycles. The van der Waals surface area contributed by atoms with E-state index in [-0.39, 0.29) is 30.2 Å². The zero-order chi connectivity index (χ0) is 14.4. The number of amides is 1. The largest absolute Gasteiger partial charge is 0.504 e. The summed E-state index contributed by atoms with van der Waals surface area (Å²) < 4.78 is 29.6. The number of phenolic OH excluding ortho intramolecular Hbond substituents is 1. The number of hydrogen-bond acceptors (Lipinski definition) is 4. The molecule has 0 atom stereocenters. The Morgan fingerprint density at radius 2 is 2.21 bits per heavy atom. The molecule has 106 valence electrons. The molecule has 1 aromatic rings. The molecule has 0 aliphatic rings. The third kappa shape index (κ3) is 4.06. The van der Waals surface area contributed by atoms with Gasteiger partial charge in [0.1, 0.15) is 0 Å². The number of aromatic hydroxyl groups is 1. The van der Waals surface area contributed by atoms with Crippen molar-refractivity contribution < 1.29 is 23.4 Å². The third-order valence-electron chi connectivity index (χ3n) is 2.47. The van der Waals surface area contributed by atoms with E-state index in [1.165, 1.54) is 25.3 Å². The zero-order valence-electron chi connectivity index (χ0n) is 10.5. The minimum atomic E-state index is -2.64. The molecule has 1 aromatic carbocycles. The van der Waals surface area contributed by atoms with Crippen molar-refractivity contribution in [2.75, 3.05) is 26.7 Å². The van der Waals surface area contributed by atoms with Crippen molar-refractivity contribution in [3.63, 3.8) is 0 Å². The fourth-order valence-electron chi connectivity index (χ4n) is 1.60. The number of phenols is 1. The van der Waals surface area contributed by atoms with E-state index in [2.05, 4.69) is 0 Å². The fraction of sp³-hybridized carbons (Fsp3) is 0.417. The summed E-state index contributed by atoms with van der Waals surface area (Å²) in [5.41, 5.74) is 5.39. The number of hydrogen-bond donors (Lipinski definition) is 2. The van der Waals surface area contributed by atoms with Crippen LogP contribution in [0.5, 0.6) is 11.5 Å². The van der Waals surface area contributed by atoms with Crippen LogP contribution in [0.2, 0.25) is 0 Å². The number of nitrogens with two attached hydrogens (primary N) is 1. The van der Waals surface area contributed by atoms with Crippen LogP contribution >= 0.6 is 0 Å². The molecule has 0 aliphatic heterocycles. The van der Waals surface area contributed by atoms with Gasteiger partial charge in [-0.15, -0.1) is 0 Å². The smallest absolute Gasteiger partial charge is 0.255 e. The van der Waals surface area contributed by atoms with Crippen LogP contribution < -0.4 is 10.5 Å². The Morgan fingerprint density at radius 1 is 1.53 bits per heavy atom. The number of alkyl halides is 2. The van der Waals surface area contributed by atoms with Gasteiger partial charge in [-0.25, -0.2) is 8.78 Å². The van der Waals surface area contributed by atoms with Crippen molar-refractivity contribution in [1.29, 1.82) is 0 Å². The second kappa shape index (κ2) is 6.89. The molecule has 5 nitrogen and oxygen atoms in total. The standard InChI is InChI=1S/C12H16F2N2O3/c1-19-10-3-2-8(6-9(10)17)12(18)16(5-4-15)7-11(13)14/h2-3,6,11,17H,4-5,7,15H2,1H3. The van der Waals surface area contributed by atoms with Gasteiger partial charge in [-0.05, 0) is 18.2 Å². The van der Waals surface area contributed by atoms with Gasteiger partial charge in [-0.1, -0.05) is 0 Å². The van der Waals surface area contributed by atoms with Gasteiger partial charge in [0.2, 0.25) is 0 Å². The summed E-state index contributed by atoms with van der Waals surface area (Å²) in [6.07, 6.45) is -2.64. The van der Waals surface area contributed by atoms with Gasteiger partial charge in [-0.3, -0.25) is 4.79 Å². The van der Waals surface area contributed by atoms with Crippen molar-refractivity contribution in [2.45, 2.75) is 6.43 Å². The predicted octanol–water partition coefficient (Wildman–Crippen LogP) is 1.07. The quantitative estimate of drug-likeness (QED) is 0.813. The van der Waals surface area contributed by atoms with Crippen LogP contribution in [0.4, 0.5) is 8.78 Å². The maximum Gasteiger partial charge on any atom is 0.255 e. The van der Waals surface area contributed by atoms with Gasteiger partial charge in [0.25, 0.3) is 12.3 Å².